The molecule has 0 saturated heterocycles. The quantitative estimate of drug-likeness (QED) is 0.848. The van der Waals surface area contributed by atoms with E-state index in [2.05, 4.69) is 5.32 Å². The van der Waals surface area contributed by atoms with Crippen molar-refractivity contribution >= 4 is 5.91 Å². The van der Waals surface area contributed by atoms with Crippen LogP contribution in [0.1, 0.15) is 31.2 Å². The zero-order chi connectivity index (χ0) is 16.0. The number of nitrogens with one attached hydrogen (secondary N) is 1. The van der Waals surface area contributed by atoms with Crippen LogP contribution in [-0.2, 0) is 11.3 Å². The van der Waals surface area contributed by atoms with Crippen LogP contribution in [0, 0.1) is 5.92 Å². The molecule has 122 valence electrons. The number of alkyl halides is 2. The normalized spacial score (nSPS) is 18.0. The molecule has 0 atom stereocenters. The molecule has 6 heteroatoms. The minimum atomic E-state index is -2.62. The first-order chi connectivity index (χ1) is 10.5. The van der Waals surface area contributed by atoms with Crippen molar-refractivity contribution in [2.45, 2.75) is 38.2 Å². The van der Waals surface area contributed by atoms with Gasteiger partial charge in [0.25, 0.3) is 0 Å². The largest absolute Gasteiger partial charge is 0.491 e. The molecule has 0 aliphatic heterocycles. The fraction of sp³-hybridized carbons (Fsp3) is 0.562. The van der Waals surface area contributed by atoms with E-state index in [-0.39, 0.29) is 57.3 Å². The van der Waals surface area contributed by atoms with E-state index in [0.29, 0.717) is 5.75 Å². The molecule has 22 heavy (non-hydrogen) atoms. The lowest BCUT2D eigenvalue weighted by Gasteiger charge is -2.27. The van der Waals surface area contributed by atoms with Crippen LogP contribution in [0.3, 0.4) is 0 Å². The molecule has 2 rings (SSSR count). The van der Waals surface area contributed by atoms with Gasteiger partial charge in [-0.1, -0.05) is 18.2 Å². The highest BCUT2D eigenvalue weighted by Crippen LogP contribution is 2.36. The topological polar surface area (TPSA) is 58.6 Å². The maximum atomic E-state index is 13.1. The Bertz CT molecular complexity index is 498. The zero-order valence-corrected chi connectivity index (χ0v) is 12.4. The molecule has 4 nitrogen and oxygen atoms in total. The number of carbonyl (C=O) groups is 1. The molecule has 1 aromatic carbocycles. The van der Waals surface area contributed by atoms with Gasteiger partial charge in [-0.15, -0.1) is 0 Å². The summed E-state index contributed by atoms with van der Waals surface area (Å²) in [5.74, 6) is -2.55. The molecule has 0 unspecified atom stereocenters. The number of aliphatic hydroxyl groups is 1. The van der Waals surface area contributed by atoms with Crippen LogP contribution >= 0.6 is 0 Å². The van der Waals surface area contributed by atoms with Gasteiger partial charge in [0.2, 0.25) is 11.8 Å². The Balaban J connectivity index is 1.86. The minimum absolute atomic E-state index is 0.0863. The van der Waals surface area contributed by atoms with Crippen molar-refractivity contribution < 1.29 is 23.4 Å². The highest BCUT2D eigenvalue weighted by Gasteiger charge is 2.37. The minimum Gasteiger partial charge on any atom is -0.491 e. The molecule has 1 aromatic rings. The Hall–Kier alpha value is -1.69. The zero-order valence-electron chi connectivity index (χ0n) is 12.4. The summed E-state index contributed by atoms with van der Waals surface area (Å²) in [6.45, 7) is 0.382. The number of amides is 1. The van der Waals surface area contributed by atoms with Crippen molar-refractivity contribution in [1.82, 2.24) is 5.32 Å². The van der Waals surface area contributed by atoms with Gasteiger partial charge < -0.3 is 15.2 Å². The van der Waals surface area contributed by atoms with E-state index >= 15 is 0 Å². The van der Waals surface area contributed by atoms with E-state index in [1.165, 1.54) is 0 Å². The van der Waals surface area contributed by atoms with E-state index < -0.39 is 5.92 Å². The second-order valence-electron chi connectivity index (χ2n) is 5.53. The van der Waals surface area contributed by atoms with E-state index in [4.69, 9.17) is 9.84 Å². The van der Waals surface area contributed by atoms with Crippen molar-refractivity contribution in [2.75, 3.05) is 13.2 Å². The van der Waals surface area contributed by atoms with Crippen molar-refractivity contribution in [3.63, 3.8) is 0 Å². The van der Waals surface area contributed by atoms with Gasteiger partial charge in [-0.2, -0.15) is 0 Å². The van der Waals surface area contributed by atoms with Crippen LogP contribution in [0.5, 0.6) is 5.75 Å². The molecule has 1 aliphatic carbocycles. The number of rotatable bonds is 6. The molecule has 0 spiro atoms. The van der Waals surface area contributed by atoms with Gasteiger partial charge in [0.1, 0.15) is 12.4 Å². The van der Waals surface area contributed by atoms with Crippen LogP contribution in [0.15, 0.2) is 24.3 Å². The van der Waals surface area contributed by atoms with Crippen LogP contribution in [-0.4, -0.2) is 30.2 Å². The SMILES string of the molecule is O=C(NCc1ccccc1OCCO)C1CCC(F)(F)CC1. The maximum Gasteiger partial charge on any atom is 0.248 e. The molecule has 0 aromatic heterocycles. The number of halogens is 2. The maximum absolute atomic E-state index is 13.1. The Morgan fingerprint density at radius 2 is 2.00 bits per heavy atom. The second-order valence-corrected chi connectivity index (χ2v) is 5.53. The van der Waals surface area contributed by atoms with Gasteiger partial charge in [0.15, 0.2) is 0 Å². The van der Waals surface area contributed by atoms with Gasteiger partial charge in [-0.25, -0.2) is 8.78 Å². The first-order valence-corrected chi connectivity index (χ1v) is 7.49. The van der Waals surface area contributed by atoms with Crippen molar-refractivity contribution in [3.05, 3.63) is 29.8 Å². The van der Waals surface area contributed by atoms with Gasteiger partial charge in [-0.3, -0.25) is 4.79 Å². The van der Waals surface area contributed by atoms with Gasteiger partial charge in [0, 0.05) is 30.9 Å². The van der Waals surface area contributed by atoms with Crippen LogP contribution < -0.4 is 10.1 Å². The summed E-state index contributed by atoms with van der Waals surface area (Å²) in [5.41, 5.74) is 0.797. The number of ether oxygens (including phenoxy) is 1. The van der Waals surface area contributed by atoms with Crippen molar-refractivity contribution in [1.29, 1.82) is 0 Å². The lowest BCUT2D eigenvalue weighted by molar-refractivity contribution is -0.129. The average Bonchev–Trinajstić information content (AvgIpc) is 2.51. The molecule has 1 amide bonds. The van der Waals surface area contributed by atoms with Crippen molar-refractivity contribution in [2.24, 2.45) is 5.92 Å². The molecule has 0 radical (unpaired) electrons. The average molecular weight is 313 g/mol. The third-order valence-corrected chi connectivity index (χ3v) is 3.86. The van der Waals surface area contributed by atoms with Gasteiger partial charge in [0.05, 0.1) is 6.61 Å². The third kappa shape index (κ3) is 4.66. The standard InChI is InChI=1S/C16H21F2NO3/c17-16(18)7-5-12(6-8-16)15(21)19-11-13-3-1-2-4-14(13)22-10-9-20/h1-4,12,20H,5-11H2,(H,19,21). The Labute approximate surface area is 128 Å². The molecular weight excluding hydrogens is 292 g/mol. The summed E-state index contributed by atoms with van der Waals surface area (Å²) in [6.07, 6.45) is 0.00551. The number of hydrogen-bond donors (Lipinski definition) is 2. The highest BCUT2D eigenvalue weighted by atomic mass is 19.3. The number of benzene rings is 1. The first kappa shape index (κ1) is 16.7. The van der Waals surface area contributed by atoms with Crippen molar-refractivity contribution in [3.8, 4) is 5.75 Å². The summed E-state index contributed by atoms with van der Waals surface area (Å²) < 4.78 is 31.6. The van der Waals surface area contributed by atoms with Crippen LogP contribution in [0.2, 0.25) is 0 Å². The smallest absolute Gasteiger partial charge is 0.248 e. The molecule has 1 aliphatic rings. The Kier molecular flexibility index (Phi) is 5.71. The summed E-state index contributed by atoms with van der Waals surface area (Å²) in [4.78, 5) is 12.1. The molecule has 2 N–H and O–H groups in total. The number of hydrogen-bond acceptors (Lipinski definition) is 3. The van der Waals surface area contributed by atoms with E-state index in [1.807, 2.05) is 12.1 Å². The highest BCUT2D eigenvalue weighted by molar-refractivity contribution is 5.78. The predicted octanol–water partition coefficient (Wildman–Crippen LogP) is 2.50. The fourth-order valence-electron chi connectivity index (χ4n) is 2.58. The Morgan fingerprint density at radius 1 is 1.32 bits per heavy atom. The molecule has 1 saturated carbocycles. The van der Waals surface area contributed by atoms with E-state index in [1.54, 1.807) is 12.1 Å². The van der Waals surface area contributed by atoms with Crippen LogP contribution in [0.25, 0.3) is 0 Å². The molecular formula is C16H21F2NO3. The third-order valence-electron chi connectivity index (χ3n) is 3.86. The van der Waals surface area contributed by atoms with Gasteiger partial charge in [-0.05, 0) is 18.9 Å². The summed E-state index contributed by atoms with van der Waals surface area (Å²) >= 11 is 0. The van der Waals surface area contributed by atoms with E-state index in [0.717, 1.165) is 5.56 Å². The van der Waals surface area contributed by atoms with Gasteiger partial charge >= 0.3 is 0 Å². The number of para-hydroxylation sites is 1. The van der Waals surface area contributed by atoms with E-state index in [9.17, 15) is 13.6 Å². The monoisotopic (exact) mass is 313 g/mol. The second kappa shape index (κ2) is 7.54. The summed E-state index contributed by atoms with van der Waals surface area (Å²) in [5, 5.41) is 11.6. The molecule has 1 fully saturated rings. The number of carbonyl (C=O) groups excluding carboxylic acids is 1. The molecule has 0 heterocycles. The lowest BCUT2D eigenvalue weighted by Crippen LogP contribution is -2.35. The molecule has 0 bridgehead atoms. The predicted molar refractivity (Wildman–Crippen MR) is 77.8 cm³/mol. The first-order valence-electron chi connectivity index (χ1n) is 7.49. The van der Waals surface area contributed by atoms with Crippen LogP contribution in [0.4, 0.5) is 8.78 Å². The number of aliphatic hydroxyl groups excluding tert-OH is 1. The fourth-order valence-corrected chi connectivity index (χ4v) is 2.58. The lowest BCUT2D eigenvalue weighted by atomic mass is 9.86. The summed E-state index contributed by atoms with van der Waals surface area (Å²) in [6, 6.07) is 7.22. The summed E-state index contributed by atoms with van der Waals surface area (Å²) in [7, 11) is 0. The Morgan fingerprint density at radius 3 is 2.68 bits per heavy atom.